The van der Waals surface area contributed by atoms with Crippen LogP contribution in [0, 0.1) is 0 Å². The summed E-state index contributed by atoms with van der Waals surface area (Å²) in [6.07, 6.45) is 0. The minimum absolute atomic E-state index is 0. The molecule has 0 saturated carbocycles. The molecule has 0 radical (unpaired) electrons. The number of rotatable bonds is 5. The van der Waals surface area contributed by atoms with E-state index in [1.807, 2.05) is 137 Å². The summed E-state index contributed by atoms with van der Waals surface area (Å²) in [6.45, 7) is 38.6. The molecule has 1 aliphatic rings. The van der Waals surface area contributed by atoms with E-state index in [0.717, 1.165) is 0 Å². The smallest absolute Gasteiger partial charge is 0.373 e. The molecule has 0 atom stereocenters. The summed E-state index contributed by atoms with van der Waals surface area (Å²) < 4.78 is 67.3. The molecule has 0 unspecified atom stereocenters. The summed E-state index contributed by atoms with van der Waals surface area (Å²) in [4.78, 5) is 0. The second-order valence-electron chi connectivity index (χ2n) is 15.9. The normalized spacial score (nSPS) is 35.1. The Morgan fingerprint density at radius 1 is 0.293 bits per heavy atom. The molecule has 1 aliphatic heterocycles. The van der Waals surface area contributed by atoms with Gasteiger partial charge in [0.25, 0.3) is 0 Å². The van der Waals surface area contributed by atoms with Gasteiger partial charge in [0.1, 0.15) is 0 Å². The van der Waals surface area contributed by atoms with Crippen molar-refractivity contribution >= 4 is 57.5 Å². The summed E-state index contributed by atoms with van der Waals surface area (Å²) >= 11 is 0. The molecular formula is C25H62O10SSi5. The second kappa shape index (κ2) is 13.0. The van der Waals surface area contributed by atoms with E-state index in [9.17, 15) is 0 Å². The molecule has 0 N–H and O–H groups in total. The highest BCUT2D eigenvalue weighted by Crippen LogP contribution is 2.39. The van der Waals surface area contributed by atoms with Crippen molar-refractivity contribution in [2.75, 3.05) is 0 Å². The van der Waals surface area contributed by atoms with Gasteiger partial charge in [-0.25, -0.2) is 0 Å². The van der Waals surface area contributed by atoms with Crippen molar-refractivity contribution in [2.45, 2.75) is 165 Å². The van der Waals surface area contributed by atoms with E-state index < -0.39 is 72.0 Å². The highest BCUT2D eigenvalue weighted by molar-refractivity contribution is 7.59. The first-order chi connectivity index (χ1) is 17.1. The molecule has 1 fully saturated rings. The fourth-order valence-corrected chi connectivity index (χ4v) is 28.2. The third kappa shape index (κ3) is 16.8. The number of hydrogen-bond donors (Lipinski definition) is 0. The Hall–Kier alpha value is 1.03. The van der Waals surface area contributed by atoms with Crippen molar-refractivity contribution < 1.29 is 42.7 Å². The molecule has 0 aromatic carbocycles. The Kier molecular flexibility index (Phi) is 13.4. The maximum absolute atomic E-state index is 6.86. The maximum atomic E-state index is 6.86. The monoisotopic (exact) mass is 694 g/mol. The first-order valence-corrected chi connectivity index (χ1v) is 25.2. The lowest BCUT2D eigenvalue weighted by Crippen LogP contribution is -2.73. The Balaban J connectivity index is 0.0000160. The Morgan fingerprint density at radius 3 is 0.463 bits per heavy atom. The largest absolute Gasteiger partial charge is 0.483 e. The van der Waals surface area contributed by atoms with Crippen LogP contribution in [0.3, 0.4) is 0 Å². The van der Waals surface area contributed by atoms with Crippen LogP contribution in [0.1, 0.15) is 104 Å². The molecule has 0 spiro atoms. The van der Waals surface area contributed by atoms with Gasteiger partial charge in [-0.2, -0.15) is 13.5 Å². The van der Waals surface area contributed by atoms with E-state index in [1.54, 1.807) is 0 Å². The zero-order valence-electron chi connectivity index (χ0n) is 29.6. The summed E-state index contributed by atoms with van der Waals surface area (Å²) in [7, 11) is -18.1. The first kappa shape index (κ1) is 42.0. The fourth-order valence-electron chi connectivity index (χ4n) is 4.78. The van der Waals surface area contributed by atoms with Gasteiger partial charge in [0.15, 0.2) is 0 Å². The van der Waals surface area contributed by atoms with E-state index in [0.29, 0.717) is 0 Å². The lowest BCUT2D eigenvalue weighted by molar-refractivity contribution is -0.0474. The summed E-state index contributed by atoms with van der Waals surface area (Å²) in [5.41, 5.74) is -3.05. The summed E-state index contributed by atoms with van der Waals surface area (Å²) in [5.74, 6) is 0. The molecule has 0 aliphatic carbocycles. The van der Waals surface area contributed by atoms with Crippen LogP contribution in [-0.2, 0) is 42.7 Å². The quantitative estimate of drug-likeness (QED) is 0.277. The molecule has 41 heavy (non-hydrogen) atoms. The minimum Gasteiger partial charge on any atom is -0.373 e. The Labute approximate surface area is 264 Å². The molecule has 16 heteroatoms. The van der Waals surface area contributed by atoms with Gasteiger partial charge in [0, 0.05) is 32.7 Å². The van der Waals surface area contributed by atoms with Crippen LogP contribution in [0.25, 0.3) is 0 Å². The average Bonchev–Trinajstić information content (AvgIpc) is 2.38. The zero-order valence-corrected chi connectivity index (χ0v) is 35.6. The van der Waals surface area contributed by atoms with E-state index >= 15 is 0 Å². The standard InChI is InChI=1S/C25H60O10Si5.H2S/c1-21(2,3)26-36(16)31-37(17,27-22(4,5)6)33-39(19,29-24(10,11)12)35-40(20,30-25(13,14)15)34-38(18,32-36)28-23(7,8)9;/h1-20H3;1H2. The van der Waals surface area contributed by atoms with E-state index in [4.69, 9.17) is 42.7 Å². The second-order valence-corrected chi connectivity index (χ2v) is 29.6. The lowest BCUT2D eigenvalue weighted by Gasteiger charge is -2.50. The highest BCUT2D eigenvalue weighted by atomic mass is 32.1. The molecule has 0 aromatic rings. The van der Waals surface area contributed by atoms with Crippen LogP contribution in [-0.4, -0.2) is 72.0 Å². The SMILES string of the molecule is CC(C)(C)O[Si]1(C)O[Si](C)(OC(C)(C)C)O[Si](C)(OC(C)(C)C)O[Si](C)(OC(C)(C)C)O[Si](C)(OC(C)(C)C)O1.S. The van der Waals surface area contributed by atoms with Crippen molar-refractivity contribution in [3.63, 3.8) is 0 Å². The summed E-state index contributed by atoms with van der Waals surface area (Å²) in [5, 5.41) is 0. The third-order valence-electron chi connectivity index (χ3n) is 4.31. The van der Waals surface area contributed by atoms with Gasteiger partial charge in [-0.15, -0.1) is 0 Å². The van der Waals surface area contributed by atoms with E-state index in [2.05, 4.69) is 0 Å². The van der Waals surface area contributed by atoms with E-state index in [1.165, 1.54) is 0 Å². The molecule has 0 amide bonds. The third-order valence-corrected chi connectivity index (χ3v) is 24.1. The Bertz CT molecular complexity index is 687. The van der Waals surface area contributed by atoms with Gasteiger partial charge in [0.05, 0.1) is 28.0 Å². The first-order valence-electron chi connectivity index (χ1n) is 14.1. The topological polar surface area (TPSA) is 92.3 Å². The van der Waals surface area contributed by atoms with Crippen LogP contribution in [0.15, 0.2) is 0 Å². The highest BCUT2D eigenvalue weighted by Gasteiger charge is 2.65. The van der Waals surface area contributed by atoms with Crippen molar-refractivity contribution in [3.05, 3.63) is 0 Å². The molecule has 1 heterocycles. The van der Waals surface area contributed by atoms with Crippen LogP contribution in [0.5, 0.6) is 0 Å². The van der Waals surface area contributed by atoms with Gasteiger partial charge in [-0.1, -0.05) is 0 Å². The van der Waals surface area contributed by atoms with Gasteiger partial charge in [-0.3, -0.25) is 0 Å². The molecule has 1 rings (SSSR count). The van der Waals surface area contributed by atoms with Crippen LogP contribution in [0.2, 0.25) is 32.7 Å². The lowest BCUT2D eigenvalue weighted by atomic mass is 10.2. The van der Waals surface area contributed by atoms with Gasteiger partial charge >= 0.3 is 44.0 Å². The molecule has 10 nitrogen and oxygen atoms in total. The minimum atomic E-state index is -3.62. The van der Waals surface area contributed by atoms with Crippen molar-refractivity contribution in [2.24, 2.45) is 0 Å². The van der Waals surface area contributed by atoms with Crippen LogP contribution >= 0.6 is 13.5 Å². The number of hydrogen-bond acceptors (Lipinski definition) is 10. The molecule has 1 saturated heterocycles. The molecular weight excluding hydrogens is 633 g/mol. The van der Waals surface area contributed by atoms with Crippen LogP contribution in [0.4, 0.5) is 0 Å². The predicted molar refractivity (Wildman–Crippen MR) is 178 cm³/mol. The van der Waals surface area contributed by atoms with Gasteiger partial charge < -0.3 is 42.7 Å². The summed E-state index contributed by atoms with van der Waals surface area (Å²) in [6, 6.07) is 0. The van der Waals surface area contributed by atoms with Crippen molar-refractivity contribution in [1.82, 2.24) is 0 Å². The Morgan fingerprint density at radius 2 is 0.390 bits per heavy atom. The van der Waals surface area contributed by atoms with Crippen molar-refractivity contribution in [1.29, 1.82) is 0 Å². The average molecular weight is 695 g/mol. The molecule has 0 bridgehead atoms. The zero-order chi connectivity index (χ0) is 32.1. The van der Waals surface area contributed by atoms with Gasteiger partial charge in [-0.05, 0) is 104 Å². The van der Waals surface area contributed by atoms with Gasteiger partial charge in [0.2, 0.25) is 0 Å². The molecule has 0 aromatic heterocycles. The van der Waals surface area contributed by atoms with Crippen LogP contribution < -0.4 is 0 Å². The molecule has 248 valence electrons. The van der Waals surface area contributed by atoms with Crippen molar-refractivity contribution in [3.8, 4) is 0 Å². The maximum Gasteiger partial charge on any atom is 0.483 e. The fraction of sp³-hybridized carbons (Fsp3) is 1.00. The predicted octanol–water partition coefficient (Wildman–Crippen LogP) is 7.11. The van der Waals surface area contributed by atoms with E-state index in [-0.39, 0.29) is 13.5 Å².